The second-order valence-corrected chi connectivity index (χ2v) is 8.55. The highest BCUT2D eigenvalue weighted by Crippen LogP contribution is 2.30. The third-order valence-electron chi connectivity index (χ3n) is 6.25. The standard InChI is InChI=1S/C26H32N4O2/c1-2-3-9-25-27-23-18-20(11-13-26(31)28-32)10-12-24(23)30(25)22-14-16-29(17-15-22)19-21-7-5-4-6-8-21/h4-8,10-13,18,22,32H,2-3,9,14-17,19H2,1H3,(H,28,31). The molecule has 0 unspecified atom stereocenters. The zero-order chi connectivity index (χ0) is 22.3. The zero-order valence-electron chi connectivity index (χ0n) is 18.7. The number of nitrogens with zero attached hydrogens (tertiary/aromatic N) is 3. The number of rotatable bonds is 8. The zero-order valence-corrected chi connectivity index (χ0v) is 18.7. The highest BCUT2D eigenvalue weighted by Gasteiger charge is 2.24. The number of benzene rings is 2. The van der Waals surface area contributed by atoms with E-state index in [4.69, 9.17) is 10.2 Å². The summed E-state index contributed by atoms with van der Waals surface area (Å²) < 4.78 is 2.47. The Morgan fingerprint density at radius 2 is 1.97 bits per heavy atom. The number of nitrogens with one attached hydrogen (secondary N) is 1. The van der Waals surface area contributed by atoms with Crippen LogP contribution in [0.25, 0.3) is 17.1 Å². The molecule has 6 heteroatoms. The fraction of sp³-hybridized carbons (Fsp3) is 0.385. The molecule has 0 spiro atoms. The van der Waals surface area contributed by atoms with Gasteiger partial charge in [0.2, 0.25) is 0 Å². The summed E-state index contributed by atoms with van der Waals surface area (Å²) in [5.41, 5.74) is 6.02. The van der Waals surface area contributed by atoms with Gasteiger partial charge in [-0.3, -0.25) is 14.9 Å². The van der Waals surface area contributed by atoms with E-state index >= 15 is 0 Å². The number of aromatic nitrogens is 2. The molecule has 168 valence electrons. The summed E-state index contributed by atoms with van der Waals surface area (Å²) in [5.74, 6) is 0.624. The van der Waals surface area contributed by atoms with Crippen LogP contribution in [0.3, 0.4) is 0 Å². The highest BCUT2D eigenvalue weighted by molar-refractivity contribution is 5.91. The number of aryl methyl sites for hydroxylation is 1. The Bertz CT molecular complexity index is 1070. The summed E-state index contributed by atoms with van der Waals surface area (Å²) >= 11 is 0. The number of imidazole rings is 1. The van der Waals surface area contributed by atoms with Gasteiger partial charge in [0.15, 0.2) is 0 Å². The quantitative estimate of drug-likeness (QED) is 0.307. The molecule has 32 heavy (non-hydrogen) atoms. The number of carbonyl (C=O) groups is 1. The van der Waals surface area contributed by atoms with E-state index in [-0.39, 0.29) is 0 Å². The first-order chi connectivity index (χ1) is 15.7. The van der Waals surface area contributed by atoms with Crippen molar-refractivity contribution in [3.05, 3.63) is 71.6 Å². The summed E-state index contributed by atoms with van der Waals surface area (Å²) in [6.07, 6.45) is 8.50. The van der Waals surface area contributed by atoms with Crippen molar-refractivity contribution in [3.8, 4) is 0 Å². The number of carbonyl (C=O) groups excluding carboxylic acids is 1. The molecule has 2 N–H and O–H groups in total. The number of amides is 1. The van der Waals surface area contributed by atoms with Crippen molar-refractivity contribution in [2.24, 2.45) is 0 Å². The van der Waals surface area contributed by atoms with E-state index in [0.29, 0.717) is 6.04 Å². The number of piperidine rings is 1. The summed E-state index contributed by atoms with van der Waals surface area (Å²) in [5, 5.41) is 8.68. The summed E-state index contributed by atoms with van der Waals surface area (Å²) in [4.78, 5) is 18.8. The molecule has 0 atom stereocenters. The Morgan fingerprint density at radius 3 is 2.69 bits per heavy atom. The van der Waals surface area contributed by atoms with Crippen molar-refractivity contribution in [2.75, 3.05) is 13.1 Å². The molecule has 1 saturated heterocycles. The van der Waals surface area contributed by atoms with Gasteiger partial charge in [-0.15, -0.1) is 0 Å². The lowest BCUT2D eigenvalue weighted by molar-refractivity contribution is -0.124. The minimum absolute atomic E-state index is 0.459. The number of hydrogen-bond acceptors (Lipinski definition) is 4. The molecule has 1 fully saturated rings. The summed E-state index contributed by atoms with van der Waals surface area (Å²) in [6.45, 7) is 5.40. The van der Waals surface area contributed by atoms with Gasteiger partial charge < -0.3 is 4.57 Å². The SMILES string of the molecule is CCCCc1nc2cc(C=CC(=O)NO)ccc2n1C1CCN(Cc2ccccc2)CC1. The predicted octanol–water partition coefficient (Wildman–Crippen LogP) is 4.73. The van der Waals surface area contributed by atoms with E-state index in [2.05, 4.69) is 52.8 Å². The van der Waals surface area contributed by atoms with E-state index in [1.165, 1.54) is 17.2 Å². The van der Waals surface area contributed by atoms with Gasteiger partial charge in [0.1, 0.15) is 5.82 Å². The lowest BCUT2D eigenvalue weighted by atomic mass is 10.0. The van der Waals surface area contributed by atoms with E-state index in [0.717, 1.165) is 68.6 Å². The third kappa shape index (κ3) is 5.26. The molecule has 3 aromatic rings. The van der Waals surface area contributed by atoms with Crippen LogP contribution in [0.2, 0.25) is 0 Å². The monoisotopic (exact) mass is 432 g/mol. The average Bonchev–Trinajstić information content (AvgIpc) is 3.19. The number of unbranched alkanes of at least 4 members (excludes halogenated alkanes) is 1. The van der Waals surface area contributed by atoms with Gasteiger partial charge in [-0.25, -0.2) is 10.5 Å². The van der Waals surface area contributed by atoms with Crippen molar-refractivity contribution in [2.45, 2.75) is 51.6 Å². The number of hydroxylamine groups is 1. The van der Waals surface area contributed by atoms with E-state index < -0.39 is 5.91 Å². The molecule has 0 saturated carbocycles. The Labute approximate surface area is 189 Å². The molecule has 1 aliphatic heterocycles. The fourth-order valence-electron chi connectivity index (χ4n) is 4.57. The molecule has 0 bridgehead atoms. The minimum atomic E-state index is -0.540. The molecule has 1 aliphatic rings. The predicted molar refractivity (Wildman–Crippen MR) is 127 cm³/mol. The summed E-state index contributed by atoms with van der Waals surface area (Å²) in [7, 11) is 0. The van der Waals surface area contributed by atoms with Crippen LogP contribution in [-0.2, 0) is 17.8 Å². The second-order valence-electron chi connectivity index (χ2n) is 8.55. The third-order valence-corrected chi connectivity index (χ3v) is 6.25. The van der Waals surface area contributed by atoms with Crippen molar-refractivity contribution in [1.29, 1.82) is 0 Å². The first-order valence-electron chi connectivity index (χ1n) is 11.6. The first-order valence-corrected chi connectivity index (χ1v) is 11.6. The van der Waals surface area contributed by atoms with Crippen molar-refractivity contribution in [1.82, 2.24) is 19.9 Å². The largest absolute Gasteiger partial charge is 0.325 e. The van der Waals surface area contributed by atoms with Gasteiger partial charge in [-0.2, -0.15) is 0 Å². The molecule has 2 heterocycles. The lowest BCUT2D eigenvalue weighted by Gasteiger charge is -2.33. The molecule has 0 radical (unpaired) electrons. The van der Waals surface area contributed by atoms with Crippen molar-refractivity contribution < 1.29 is 10.0 Å². The van der Waals surface area contributed by atoms with E-state index in [1.54, 1.807) is 11.6 Å². The second kappa shape index (κ2) is 10.6. The van der Waals surface area contributed by atoms with Gasteiger partial charge in [0, 0.05) is 38.2 Å². The van der Waals surface area contributed by atoms with Gasteiger partial charge in [0.25, 0.3) is 5.91 Å². The lowest BCUT2D eigenvalue weighted by Crippen LogP contribution is -2.34. The van der Waals surface area contributed by atoms with E-state index in [9.17, 15) is 4.79 Å². The van der Waals surface area contributed by atoms with Crippen LogP contribution in [-0.4, -0.2) is 38.7 Å². The smallest absolute Gasteiger partial charge is 0.267 e. The maximum absolute atomic E-state index is 11.3. The van der Waals surface area contributed by atoms with Gasteiger partial charge in [-0.1, -0.05) is 49.7 Å². The molecule has 6 nitrogen and oxygen atoms in total. The molecule has 0 aliphatic carbocycles. The van der Waals surface area contributed by atoms with Gasteiger partial charge in [0.05, 0.1) is 11.0 Å². The van der Waals surface area contributed by atoms with Gasteiger partial charge in [-0.05, 0) is 48.6 Å². The molecule has 1 aromatic heterocycles. The van der Waals surface area contributed by atoms with Crippen LogP contribution in [0.1, 0.15) is 55.6 Å². The van der Waals surface area contributed by atoms with Crippen LogP contribution in [0.15, 0.2) is 54.6 Å². The Morgan fingerprint density at radius 1 is 1.19 bits per heavy atom. The van der Waals surface area contributed by atoms with Crippen LogP contribution < -0.4 is 5.48 Å². The molecule has 2 aromatic carbocycles. The maximum Gasteiger partial charge on any atom is 0.267 e. The average molecular weight is 433 g/mol. The molecular formula is C26H32N4O2. The number of likely N-dealkylation sites (tertiary alicyclic amines) is 1. The molecular weight excluding hydrogens is 400 g/mol. The van der Waals surface area contributed by atoms with Crippen LogP contribution >= 0.6 is 0 Å². The van der Waals surface area contributed by atoms with Crippen LogP contribution in [0.4, 0.5) is 0 Å². The minimum Gasteiger partial charge on any atom is -0.325 e. The number of fused-ring (bicyclic) bond motifs is 1. The maximum atomic E-state index is 11.3. The van der Waals surface area contributed by atoms with Crippen molar-refractivity contribution in [3.63, 3.8) is 0 Å². The Kier molecular flexibility index (Phi) is 7.35. The van der Waals surface area contributed by atoms with Crippen LogP contribution in [0.5, 0.6) is 0 Å². The highest BCUT2D eigenvalue weighted by atomic mass is 16.5. The van der Waals surface area contributed by atoms with Crippen molar-refractivity contribution >= 4 is 23.0 Å². The van der Waals surface area contributed by atoms with Gasteiger partial charge >= 0.3 is 0 Å². The number of hydrogen-bond donors (Lipinski definition) is 2. The fourth-order valence-corrected chi connectivity index (χ4v) is 4.57. The van der Waals surface area contributed by atoms with Crippen LogP contribution in [0, 0.1) is 0 Å². The normalized spacial score (nSPS) is 15.6. The molecule has 4 rings (SSSR count). The summed E-state index contributed by atoms with van der Waals surface area (Å²) in [6, 6.07) is 17.3. The molecule has 1 amide bonds. The topological polar surface area (TPSA) is 70.4 Å². The van der Waals surface area contributed by atoms with E-state index in [1.807, 2.05) is 12.1 Å². The first kappa shape index (κ1) is 22.2. The Hall–Kier alpha value is -2.96. The Balaban J connectivity index is 1.54.